The van der Waals surface area contributed by atoms with E-state index in [1.165, 1.54) is 0 Å². The number of para-hydroxylation sites is 3. The Morgan fingerprint density at radius 2 is 1.47 bits per heavy atom. The predicted octanol–water partition coefficient (Wildman–Crippen LogP) is 5.18. The number of halogens is 1. The minimum Gasteiger partial charge on any atom is -0.497 e. The summed E-state index contributed by atoms with van der Waals surface area (Å²) in [5.41, 5.74) is 3.42. The molecule has 2 heterocycles. The molecule has 0 N–H and O–H groups in total. The molecular formula is C29H29ClN4O4. The number of benzene rings is 3. The van der Waals surface area contributed by atoms with Crippen LogP contribution in [0.4, 0.5) is 5.69 Å². The molecule has 3 aromatic carbocycles. The molecule has 4 aromatic rings. The Hall–Kier alpha value is -4.17. The zero-order valence-electron chi connectivity index (χ0n) is 21.6. The van der Waals surface area contributed by atoms with Gasteiger partial charge in [0.15, 0.2) is 0 Å². The third kappa shape index (κ3) is 4.87. The Balaban J connectivity index is 1.48. The summed E-state index contributed by atoms with van der Waals surface area (Å²) >= 11 is 6.54. The van der Waals surface area contributed by atoms with Crippen LogP contribution in [0.5, 0.6) is 17.2 Å². The molecule has 1 saturated heterocycles. The molecule has 9 heteroatoms. The highest BCUT2D eigenvalue weighted by Gasteiger charge is 2.28. The van der Waals surface area contributed by atoms with E-state index in [1.807, 2.05) is 59.5 Å². The van der Waals surface area contributed by atoms with Crippen molar-refractivity contribution < 1.29 is 19.0 Å². The van der Waals surface area contributed by atoms with Gasteiger partial charge in [0.05, 0.1) is 43.4 Å². The number of amides is 1. The van der Waals surface area contributed by atoms with E-state index in [-0.39, 0.29) is 5.91 Å². The maximum absolute atomic E-state index is 13.9. The summed E-state index contributed by atoms with van der Waals surface area (Å²) in [4.78, 5) is 18.0. The lowest BCUT2D eigenvalue weighted by Crippen LogP contribution is -2.49. The van der Waals surface area contributed by atoms with E-state index >= 15 is 0 Å². The highest BCUT2D eigenvalue weighted by Crippen LogP contribution is 2.35. The molecule has 0 radical (unpaired) electrons. The van der Waals surface area contributed by atoms with Crippen LogP contribution in [-0.4, -0.2) is 68.1 Å². The van der Waals surface area contributed by atoms with E-state index in [1.54, 1.807) is 44.2 Å². The van der Waals surface area contributed by atoms with Gasteiger partial charge in [0.25, 0.3) is 5.91 Å². The van der Waals surface area contributed by atoms with Gasteiger partial charge in [-0.05, 0) is 42.5 Å². The summed E-state index contributed by atoms with van der Waals surface area (Å²) in [5.74, 6) is 1.97. The molecule has 0 spiro atoms. The van der Waals surface area contributed by atoms with Crippen molar-refractivity contribution in [1.82, 2.24) is 14.7 Å². The Morgan fingerprint density at radius 3 is 2.16 bits per heavy atom. The van der Waals surface area contributed by atoms with Crippen LogP contribution in [0.3, 0.4) is 0 Å². The van der Waals surface area contributed by atoms with E-state index in [0.717, 1.165) is 17.0 Å². The molecule has 0 atom stereocenters. The number of hydrogen-bond donors (Lipinski definition) is 0. The number of rotatable bonds is 7. The fraction of sp³-hybridized carbons (Fsp3) is 0.241. The monoisotopic (exact) mass is 532 g/mol. The van der Waals surface area contributed by atoms with E-state index in [0.29, 0.717) is 59.8 Å². The number of carbonyl (C=O) groups is 1. The van der Waals surface area contributed by atoms with Gasteiger partial charge < -0.3 is 24.0 Å². The van der Waals surface area contributed by atoms with Crippen LogP contribution in [-0.2, 0) is 0 Å². The fourth-order valence-electron chi connectivity index (χ4n) is 4.69. The summed E-state index contributed by atoms with van der Waals surface area (Å²) in [5, 5.41) is 5.31. The van der Waals surface area contributed by atoms with Crippen LogP contribution in [0.2, 0.25) is 5.02 Å². The number of ether oxygens (including phenoxy) is 3. The Kier molecular flexibility index (Phi) is 7.42. The van der Waals surface area contributed by atoms with Crippen LogP contribution >= 0.6 is 11.6 Å². The minimum absolute atomic E-state index is 0.115. The summed E-state index contributed by atoms with van der Waals surface area (Å²) in [6.07, 6.45) is 0. The topological polar surface area (TPSA) is 69.1 Å². The van der Waals surface area contributed by atoms with Gasteiger partial charge in [0.2, 0.25) is 0 Å². The Labute approximate surface area is 226 Å². The van der Waals surface area contributed by atoms with Gasteiger partial charge in [-0.1, -0.05) is 35.9 Å². The first-order valence-electron chi connectivity index (χ1n) is 12.3. The van der Waals surface area contributed by atoms with Gasteiger partial charge in [-0.2, -0.15) is 5.10 Å². The number of hydrogen-bond acceptors (Lipinski definition) is 6. The molecule has 38 heavy (non-hydrogen) atoms. The van der Waals surface area contributed by atoms with Gasteiger partial charge in [0.1, 0.15) is 22.9 Å². The molecule has 0 unspecified atom stereocenters. The number of piperazine rings is 1. The number of methoxy groups -OCH3 is 3. The van der Waals surface area contributed by atoms with Crippen molar-refractivity contribution in [1.29, 1.82) is 0 Å². The maximum Gasteiger partial charge on any atom is 0.272 e. The summed E-state index contributed by atoms with van der Waals surface area (Å²) in [7, 11) is 4.87. The van der Waals surface area contributed by atoms with Crippen LogP contribution in [0.1, 0.15) is 10.5 Å². The zero-order valence-corrected chi connectivity index (χ0v) is 22.3. The van der Waals surface area contributed by atoms with Crippen molar-refractivity contribution in [3.8, 4) is 34.2 Å². The van der Waals surface area contributed by atoms with Crippen LogP contribution < -0.4 is 19.1 Å². The Bertz CT molecular complexity index is 1450. The zero-order chi connectivity index (χ0) is 26.6. The second-order valence-electron chi connectivity index (χ2n) is 8.80. The van der Waals surface area contributed by atoms with Crippen molar-refractivity contribution in [3.05, 3.63) is 83.5 Å². The van der Waals surface area contributed by atoms with Crippen molar-refractivity contribution in [2.45, 2.75) is 0 Å². The smallest absolute Gasteiger partial charge is 0.272 e. The van der Waals surface area contributed by atoms with Crippen molar-refractivity contribution in [2.24, 2.45) is 0 Å². The van der Waals surface area contributed by atoms with Crippen molar-refractivity contribution in [3.63, 3.8) is 0 Å². The Morgan fingerprint density at radius 1 is 0.789 bits per heavy atom. The first-order valence-corrected chi connectivity index (χ1v) is 12.7. The van der Waals surface area contributed by atoms with Crippen molar-refractivity contribution >= 4 is 23.2 Å². The molecule has 0 saturated carbocycles. The largest absolute Gasteiger partial charge is 0.497 e. The second kappa shape index (κ2) is 11.1. The molecule has 5 rings (SSSR count). The third-order valence-electron chi connectivity index (χ3n) is 6.69. The average molecular weight is 533 g/mol. The number of aromatic nitrogens is 2. The minimum atomic E-state index is -0.115. The van der Waals surface area contributed by atoms with Gasteiger partial charge in [-0.25, -0.2) is 4.68 Å². The van der Waals surface area contributed by atoms with E-state index < -0.39 is 0 Å². The highest BCUT2D eigenvalue weighted by atomic mass is 35.5. The van der Waals surface area contributed by atoms with Crippen LogP contribution in [0.15, 0.2) is 72.8 Å². The molecular weight excluding hydrogens is 504 g/mol. The molecule has 1 amide bonds. The first kappa shape index (κ1) is 25.5. The lowest BCUT2D eigenvalue weighted by atomic mass is 10.1. The molecule has 0 bridgehead atoms. The summed E-state index contributed by atoms with van der Waals surface area (Å²) in [6, 6.07) is 22.6. The predicted molar refractivity (Wildman–Crippen MR) is 148 cm³/mol. The van der Waals surface area contributed by atoms with E-state index in [4.69, 9.17) is 30.9 Å². The number of anilines is 1. The highest BCUT2D eigenvalue weighted by molar-refractivity contribution is 6.32. The summed E-state index contributed by atoms with van der Waals surface area (Å²) < 4.78 is 18.1. The molecule has 1 aromatic heterocycles. The van der Waals surface area contributed by atoms with Crippen LogP contribution in [0, 0.1) is 0 Å². The summed E-state index contributed by atoms with van der Waals surface area (Å²) in [6.45, 7) is 2.49. The molecule has 1 fully saturated rings. The molecule has 196 valence electrons. The normalized spacial score (nSPS) is 13.4. The van der Waals surface area contributed by atoms with Crippen molar-refractivity contribution in [2.75, 3.05) is 52.4 Å². The quantitative estimate of drug-likeness (QED) is 0.327. The first-order chi connectivity index (χ1) is 18.5. The molecule has 8 nitrogen and oxygen atoms in total. The lowest BCUT2D eigenvalue weighted by molar-refractivity contribution is 0.0737. The van der Waals surface area contributed by atoms with Gasteiger partial charge >= 0.3 is 0 Å². The maximum atomic E-state index is 13.9. The number of nitrogens with zero attached hydrogens (tertiary/aromatic N) is 4. The van der Waals surface area contributed by atoms with Crippen LogP contribution in [0.25, 0.3) is 16.9 Å². The van der Waals surface area contributed by atoms with Gasteiger partial charge in [0, 0.05) is 37.8 Å². The standard InChI is InChI=1S/C29H29ClN4O4/c1-36-20-12-13-21(28(18-20)38-3)23-19-26(34(31-23)24-9-5-4-8-22(24)30)29(35)33-16-14-32(15-17-33)25-10-6-7-11-27(25)37-2/h4-13,18-19H,14-17H2,1-3H3. The van der Waals surface area contributed by atoms with Gasteiger partial charge in [-0.15, -0.1) is 0 Å². The third-order valence-corrected chi connectivity index (χ3v) is 7.01. The fourth-order valence-corrected chi connectivity index (χ4v) is 4.90. The molecule has 1 aliphatic rings. The second-order valence-corrected chi connectivity index (χ2v) is 9.20. The average Bonchev–Trinajstić information content (AvgIpc) is 3.41. The van der Waals surface area contributed by atoms with Gasteiger partial charge in [-0.3, -0.25) is 4.79 Å². The molecule has 1 aliphatic heterocycles. The SMILES string of the molecule is COc1ccc(-c2cc(C(=O)N3CCN(c4ccccc4OC)CC3)n(-c3ccccc3Cl)n2)c(OC)c1. The number of carbonyl (C=O) groups excluding carboxylic acids is 1. The molecule has 0 aliphatic carbocycles. The van der Waals surface area contributed by atoms with E-state index in [9.17, 15) is 4.79 Å². The van der Waals surface area contributed by atoms with E-state index in [2.05, 4.69) is 4.90 Å². The lowest BCUT2D eigenvalue weighted by Gasteiger charge is -2.36.